The van der Waals surface area contributed by atoms with Crippen molar-refractivity contribution >= 4 is 0 Å². The summed E-state index contributed by atoms with van der Waals surface area (Å²) < 4.78 is 22.9. The second-order valence-electron chi connectivity index (χ2n) is 12.0. The molecule has 0 bridgehead atoms. The van der Waals surface area contributed by atoms with Crippen molar-refractivity contribution in [3.63, 3.8) is 0 Å². The number of unbranched alkanes of at least 4 members (excludes halogenated alkanes) is 8. The summed E-state index contributed by atoms with van der Waals surface area (Å²) >= 11 is 0. The van der Waals surface area contributed by atoms with Crippen LogP contribution >= 0.6 is 0 Å². The molecule has 0 aromatic rings. The molecule has 0 aromatic heterocycles. The number of rotatable bonds is 40. The van der Waals surface area contributed by atoms with Gasteiger partial charge in [-0.1, -0.05) is 0 Å². The van der Waals surface area contributed by atoms with Gasteiger partial charge in [-0.05, 0) is 148 Å². The fraction of sp³-hybridized carbons (Fsp3) is 1.00. The second-order valence-corrected chi connectivity index (χ2v) is 12.0. The first kappa shape index (κ1) is 44.6. The largest absolute Gasteiger partial charge is 0.396 e. The Morgan fingerprint density at radius 2 is 0.444 bits per heavy atom. The molecule has 0 rings (SSSR count). The quantitative estimate of drug-likeness (QED) is 0.0716. The monoisotopic (exact) mass is 651 g/mol. The third-order valence-electron chi connectivity index (χ3n) is 7.79. The highest BCUT2D eigenvalue weighted by atomic mass is 16.5. The van der Waals surface area contributed by atoms with Gasteiger partial charge in [0.1, 0.15) is 0 Å². The van der Waals surface area contributed by atoms with Gasteiger partial charge in [0.05, 0.1) is 0 Å². The Morgan fingerprint density at radius 1 is 0.244 bits per heavy atom. The van der Waals surface area contributed by atoms with Gasteiger partial charge in [-0.15, -0.1) is 0 Å². The van der Waals surface area contributed by atoms with Gasteiger partial charge in [-0.25, -0.2) is 0 Å². The zero-order valence-electron chi connectivity index (χ0n) is 29.1. The summed E-state index contributed by atoms with van der Waals surface area (Å²) in [6.07, 6.45) is 16.9. The van der Waals surface area contributed by atoms with Crippen LogP contribution in [-0.4, -0.2) is 149 Å². The summed E-state index contributed by atoms with van der Waals surface area (Å²) in [7, 11) is 0. The van der Waals surface area contributed by atoms with Crippen molar-refractivity contribution in [3.05, 3.63) is 0 Å². The van der Waals surface area contributed by atoms with Crippen LogP contribution in [0.2, 0.25) is 0 Å². The van der Waals surface area contributed by atoms with Crippen molar-refractivity contribution in [1.29, 1.82) is 0 Å². The molecule has 0 aliphatic rings. The Kier molecular flexibility index (Phi) is 39.4. The molecule has 0 unspecified atom stereocenters. The van der Waals surface area contributed by atoms with E-state index >= 15 is 0 Å². The van der Waals surface area contributed by atoms with Crippen LogP contribution in [0.5, 0.6) is 0 Å². The van der Waals surface area contributed by atoms with Crippen LogP contribution in [0.1, 0.15) is 109 Å². The van der Waals surface area contributed by atoms with E-state index in [9.17, 15) is 0 Å². The average molecular weight is 651 g/mol. The van der Waals surface area contributed by atoms with Crippen LogP contribution in [0.3, 0.4) is 0 Å². The van der Waals surface area contributed by atoms with Gasteiger partial charge in [0, 0.05) is 79.3 Å². The number of aliphatic hydroxyl groups excluding tert-OH is 4. The van der Waals surface area contributed by atoms with Crippen LogP contribution in [0.25, 0.3) is 0 Å². The maximum absolute atomic E-state index is 8.92. The zero-order valence-corrected chi connectivity index (χ0v) is 29.1. The van der Waals surface area contributed by atoms with Crippen LogP contribution in [-0.2, 0) is 18.9 Å². The van der Waals surface area contributed by atoms with Gasteiger partial charge in [-0.3, -0.25) is 0 Å². The van der Waals surface area contributed by atoms with E-state index in [0.29, 0.717) is 0 Å². The fourth-order valence-electron chi connectivity index (χ4n) is 5.02. The first-order valence-electron chi connectivity index (χ1n) is 18.5. The van der Waals surface area contributed by atoms with E-state index in [0.717, 1.165) is 201 Å². The van der Waals surface area contributed by atoms with Crippen LogP contribution in [0, 0.1) is 0 Å². The molecule has 0 saturated carbocycles. The summed E-state index contributed by atoms with van der Waals surface area (Å²) in [5.41, 5.74) is 0. The van der Waals surface area contributed by atoms with E-state index in [4.69, 9.17) is 39.4 Å². The topological polar surface area (TPSA) is 124 Å². The minimum absolute atomic E-state index is 0.241. The van der Waals surface area contributed by atoms with Crippen LogP contribution in [0.15, 0.2) is 0 Å². The lowest BCUT2D eigenvalue weighted by atomic mass is 10.2. The average Bonchev–Trinajstić information content (AvgIpc) is 3.05. The van der Waals surface area contributed by atoms with E-state index in [1.165, 1.54) is 0 Å². The van der Waals surface area contributed by atoms with Crippen LogP contribution in [0.4, 0.5) is 0 Å². The first-order chi connectivity index (χ1) is 22.3. The molecule has 45 heavy (non-hydrogen) atoms. The lowest BCUT2D eigenvalue weighted by molar-refractivity contribution is 0.112. The lowest BCUT2D eigenvalue weighted by Gasteiger charge is -2.26. The first-order valence-corrected chi connectivity index (χ1v) is 18.5. The molecule has 0 atom stereocenters. The molecule has 0 fully saturated rings. The molecular formula is C35H74N2O8. The Labute approximate surface area is 276 Å². The molecule has 0 radical (unpaired) electrons. The van der Waals surface area contributed by atoms with Gasteiger partial charge in [0.15, 0.2) is 0 Å². The second kappa shape index (κ2) is 39.8. The molecule has 10 heteroatoms. The summed E-state index contributed by atoms with van der Waals surface area (Å²) in [6, 6.07) is 0. The molecule has 10 nitrogen and oxygen atoms in total. The highest BCUT2D eigenvalue weighted by Crippen LogP contribution is 2.07. The third kappa shape index (κ3) is 36.3. The molecule has 0 aliphatic carbocycles. The third-order valence-corrected chi connectivity index (χ3v) is 7.79. The molecule has 0 amide bonds. The lowest BCUT2D eigenvalue weighted by Crippen LogP contribution is -2.33. The summed E-state index contributed by atoms with van der Waals surface area (Å²) in [5.74, 6) is 0. The standard InChI is InChI=1S/C35H74N2O8/c38-24-5-13-32-42-28-9-1-18-36(19-2-10-29-43-33-14-6-25-39)22-17-23-37(20-3-11-30-44-34-15-7-26-40)21-4-12-31-45-35-16-8-27-41/h38-41H,1-35H2. The predicted octanol–water partition coefficient (Wildman–Crippen LogP) is 4.26. The van der Waals surface area contributed by atoms with Crippen molar-refractivity contribution in [2.75, 3.05) is 119 Å². The molecule has 0 aliphatic heterocycles. The molecule has 0 aromatic carbocycles. The molecule has 272 valence electrons. The highest BCUT2D eigenvalue weighted by molar-refractivity contribution is 4.64. The maximum Gasteiger partial charge on any atom is 0.0466 e. The highest BCUT2D eigenvalue weighted by Gasteiger charge is 2.09. The normalized spacial score (nSPS) is 11.9. The van der Waals surface area contributed by atoms with Gasteiger partial charge in [-0.2, -0.15) is 0 Å². The fourth-order valence-corrected chi connectivity index (χ4v) is 5.02. The van der Waals surface area contributed by atoms with E-state index < -0.39 is 0 Å². The van der Waals surface area contributed by atoms with Crippen molar-refractivity contribution in [3.8, 4) is 0 Å². The van der Waals surface area contributed by atoms with Gasteiger partial charge in [0.2, 0.25) is 0 Å². The summed E-state index contributed by atoms with van der Waals surface area (Å²) in [6.45, 7) is 13.7. The SMILES string of the molecule is OCCCCOCCCCN(CCCCOCCCCO)CCCN(CCCCOCCCCO)CCCCOCCCCO. The Morgan fingerprint density at radius 3 is 0.667 bits per heavy atom. The maximum atomic E-state index is 8.92. The molecule has 0 heterocycles. The number of hydrogen-bond donors (Lipinski definition) is 4. The summed E-state index contributed by atoms with van der Waals surface area (Å²) in [5, 5.41) is 35.7. The van der Waals surface area contributed by atoms with E-state index in [-0.39, 0.29) is 26.4 Å². The Bertz CT molecular complexity index is 452. The number of hydrogen-bond acceptors (Lipinski definition) is 10. The van der Waals surface area contributed by atoms with E-state index in [1.54, 1.807) is 0 Å². The van der Waals surface area contributed by atoms with Crippen LogP contribution < -0.4 is 0 Å². The minimum Gasteiger partial charge on any atom is -0.396 e. The van der Waals surface area contributed by atoms with Crippen molar-refractivity contribution in [2.24, 2.45) is 0 Å². The number of nitrogens with zero attached hydrogens (tertiary/aromatic N) is 2. The Balaban J connectivity index is 4.55. The predicted molar refractivity (Wildman–Crippen MR) is 183 cm³/mol. The summed E-state index contributed by atoms with van der Waals surface area (Å²) in [4.78, 5) is 5.24. The van der Waals surface area contributed by atoms with E-state index in [1.807, 2.05) is 0 Å². The molecule has 0 saturated heterocycles. The van der Waals surface area contributed by atoms with Gasteiger partial charge >= 0.3 is 0 Å². The van der Waals surface area contributed by atoms with Crippen molar-refractivity contribution < 1.29 is 39.4 Å². The minimum atomic E-state index is 0.241. The van der Waals surface area contributed by atoms with Crippen molar-refractivity contribution in [2.45, 2.75) is 109 Å². The molecular weight excluding hydrogens is 576 g/mol. The number of ether oxygens (including phenoxy) is 4. The molecule has 0 spiro atoms. The van der Waals surface area contributed by atoms with Gasteiger partial charge in [0.25, 0.3) is 0 Å². The Hall–Kier alpha value is -0.400. The molecule has 4 N–H and O–H groups in total. The smallest absolute Gasteiger partial charge is 0.0466 e. The van der Waals surface area contributed by atoms with Gasteiger partial charge < -0.3 is 49.2 Å². The number of aliphatic hydroxyl groups is 4. The zero-order chi connectivity index (χ0) is 32.7. The van der Waals surface area contributed by atoms with Crippen molar-refractivity contribution in [1.82, 2.24) is 9.80 Å². The van der Waals surface area contributed by atoms with E-state index in [2.05, 4.69) is 9.80 Å².